The molecule has 0 amide bonds. The zero-order valence-corrected chi connectivity index (χ0v) is 13.7. The van der Waals surface area contributed by atoms with Crippen LogP contribution in [0.1, 0.15) is 32.3 Å². The van der Waals surface area contributed by atoms with E-state index in [2.05, 4.69) is 32.0 Å². The van der Waals surface area contributed by atoms with Crippen LogP contribution in [0.4, 0.5) is 8.78 Å². The Hall–Kier alpha value is -1.94. The van der Waals surface area contributed by atoms with Gasteiger partial charge in [0, 0.05) is 12.1 Å². The molecule has 0 bridgehead atoms. The van der Waals surface area contributed by atoms with Crippen LogP contribution in [0, 0.1) is 11.6 Å². The van der Waals surface area contributed by atoms with Crippen LogP contribution in [0.3, 0.4) is 0 Å². The number of allylic oxidation sites excluding steroid dienone is 1. The van der Waals surface area contributed by atoms with Gasteiger partial charge in [0.1, 0.15) is 0 Å². The van der Waals surface area contributed by atoms with Gasteiger partial charge in [-0.25, -0.2) is 13.8 Å². The highest BCUT2D eigenvalue weighted by Gasteiger charge is 2.46. The lowest BCUT2D eigenvalue weighted by Crippen LogP contribution is -2.55. The Morgan fingerprint density at radius 3 is 2.78 bits per heavy atom. The first-order chi connectivity index (χ1) is 10.9. The third-order valence-corrected chi connectivity index (χ3v) is 5.28. The Bertz CT molecular complexity index is 707. The fourth-order valence-corrected chi connectivity index (χ4v) is 3.79. The lowest BCUT2D eigenvalue weighted by Gasteiger charge is -2.50. The molecule has 0 spiro atoms. The predicted octanol–water partition coefficient (Wildman–Crippen LogP) is 4.57. The summed E-state index contributed by atoms with van der Waals surface area (Å²) in [5.41, 5.74) is 3.26. The quantitative estimate of drug-likeness (QED) is 0.806. The van der Waals surface area contributed by atoms with Crippen molar-refractivity contribution in [2.75, 3.05) is 6.54 Å². The highest BCUT2D eigenvalue weighted by Crippen LogP contribution is 2.45. The summed E-state index contributed by atoms with van der Waals surface area (Å²) in [7, 11) is 0. The summed E-state index contributed by atoms with van der Waals surface area (Å²) in [6.07, 6.45) is 3.91. The molecule has 2 nitrogen and oxygen atoms in total. The van der Waals surface area contributed by atoms with Crippen molar-refractivity contribution in [2.24, 2.45) is 0 Å². The third-order valence-electron chi connectivity index (χ3n) is 5.28. The summed E-state index contributed by atoms with van der Waals surface area (Å²) in [5.74, 6) is -1.60. The van der Waals surface area contributed by atoms with E-state index in [0.717, 1.165) is 36.7 Å². The van der Waals surface area contributed by atoms with Gasteiger partial charge in [0.2, 0.25) is 0 Å². The first-order valence-electron chi connectivity index (χ1n) is 7.91. The molecule has 4 heteroatoms. The molecule has 1 aromatic rings. The molecule has 2 heterocycles. The maximum absolute atomic E-state index is 14.1. The van der Waals surface area contributed by atoms with Crippen LogP contribution >= 0.6 is 0 Å². The molecule has 0 saturated carbocycles. The topological polar surface area (TPSA) is 6.48 Å². The standard InChI is InChI=1S/C19H22F2N2/c1-5-16-13(2)19(4)10-7-11-23(19)22(14(16)3)12-15-8-6-9-17(20)18(15)21/h5-6,8-9H,1,3,7,10-12H2,2,4H3. The lowest BCUT2D eigenvalue weighted by molar-refractivity contribution is -0.0486. The minimum atomic E-state index is -0.815. The van der Waals surface area contributed by atoms with E-state index in [0.29, 0.717) is 5.56 Å². The van der Waals surface area contributed by atoms with Crippen molar-refractivity contribution in [3.8, 4) is 0 Å². The lowest BCUT2D eigenvalue weighted by atomic mass is 9.84. The minimum absolute atomic E-state index is 0.117. The fraction of sp³-hybridized carbons (Fsp3) is 0.368. The Labute approximate surface area is 136 Å². The molecule has 0 N–H and O–H groups in total. The van der Waals surface area contributed by atoms with Gasteiger partial charge < -0.3 is 5.01 Å². The zero-order valence-electron chi connectivity index (χ0n) is 13.7. The fourth-order valence-electron chi connectivity index (χ4n) is 3.79. The number of benzene rings is 1. The van der Waals surface area contributed by atoms with E-state index in [1.54, 1.807) is 12.1 Å². The molecule has 2 aliphatic rings. The Morgan fingerprint density at radius 1 is 1.35 bits per heavy atom. The van der Waals surface area contributed by atoms with E-state index in [-0.39, 0.29) is 12.1 Å². The molecule has 0 radical (unpaired) electrons. The maximum atomic E-state index is 14.1. The van der Waals surface area contributed by atoms with Crippen molar-refractivity contribution in [2.45, 2.75) is 38.8 Å². The number of hydrogen-bond donors (Lipinski definition) is 0. The second-order valence-electron chi connectivity index (χ2n) is 6.46. The minimum Gasteiger partial charge on any atom is -0.300 e. The van der Waals surface area contributed by atoms with Gasteiger partial charge in [0.05, 0.1) is 17.8 Å². The Morgan fingerprint density at radius 2 is 2.09 bits per heavy atom. The van der Waals surface area contributed by atoms with E-state index >= 15 is 0 Å². The van der Waals surface area contributed by atoms with Crippen LogP contribution in [0.15, 0.2) is 54.3 Å². The zero-order chi connectivity index (χ0) is 16.8. The van der Waals surface area contributed by atoms with Crippen molar-refractivity contribution in [3.63, 3.8) is 0 Å². The average Bonchev–Trinajstić information content (AvgIpc) is 2.92. The molecule has 0 aliphatic carbocycles. The first-order valence-corrected chi connectivity index (χ1v) is 7.91. The number of fused-ring (bicyclic) bond motifs is 1. The van der Waals surface area contributed by atoms with Gasteiger partial charge in [0.25, 0.3) is 0 Å². The van der Waals surface area contributed by atoms with Crippen molar-refractivity contribution in [1.29, 1.82) is 0 Å². The average molecular weight is 316 g/mol. The maximum Gasteiger partial charge on any atom is 0.163 e. The molecule has 1 aromatic carbocycles. The molecule has 1 atom stereocenters. The van der Waals surface area contributed by atoms with Crippen LogP contribution in [0.25, 0.3) is 0 Å². The van der Waals surface area contributed by atoms with Gasteiger partial charge in [-0.3, -0.25) is 0 Å². The molecular weight excluding hydrogens is 294 g/mol. The van der Waals surface area contributed by atoms with Gasteiger partial charge in [-0.05, 0) is 43.9 Å². The van der Waals surface area contributed by atoms with Crippen LogP contribution in [-0.4, -0.2) is 22.1 Å². The van der Waals surface area contributed by atoms with Crippen LogP contribution in [0.5, 0.6) is 0 Å². The van der Waals surface area contributed by atoms with Crippen LogP contribution in [0.2, 0.25) is 0 Å². The van der Waals surface area contributed by atoms with Gasteiger partial charge >= 0.3 is 0 Å². The molecule has 1 unspecified atom stereocenters. The van der Waals surface area contributed by atoms with Gasteiger partial charge in [-0.2, -0.15) is 0 Å². The number of rotatable bonds is 3. The Balaban J connectivity index is 2.03. The van der Waals surface area contributed by atoms with E-state index in [4.69, 9.17) is 0 Å². The van der Waals surface area contributed by atoms with E-state index < -0.39 is 11.6 Å². The van der Waals surface area contributed by atoms with Crippen LogP contribution < -0.4 is 0 Å². The summed E-state index contributed by atoms with van der Waals surface area (Å²) in [5, 5.41) is 4.22. The number of hydrazine groups is 1. The molecule has 2 aliphatic heterocycles. The summed E-state index contributed by atoms with van der Waals surface area (Å²) in [6.45, 7) is 13.5. The molecular formula is C19H22F2N2. The van der Waals surface area contributed by atoms with Crippen molar-refractivity contribution in [1.82, 2.24) is 10.0 Å². The highest BCUT2D eigenvalue weighted by molar-refractivity contribution is 5.47. The number of hydrogen-bond acceptors (Lipinski definition) is 2. The van der Waals surface area contributed by atoms with Crippen LogP contribution in [-0.2, 0) is 6.54 Å². The monoisotopic (exact) mass is 316 g/mol. The Kier molecular flexibility index (Phi) is 3.88. The van der Waals surface area contributed by atoms with E-state index in [1.807, 2.05) is 11.1 Å². The van der Waals surface area contributed by atoms with E-state index in [9.17, 15) is 8.78 Å². The van der Waals surface area contributed by atoms with Crippen molar-refractivity contribution >= 4 is 0 Å². The third kappa shape index (κ3) is 2.32. The van der Waals surface area contributed by atoms with Gasteiger partial charge in [0.15, 0.2) is 11.6 Å². The summed E-state index contributed by atoms with van der Waals surface area (Å²) in [4.78, 5) is 0. The summed E-state index contributed by atoms with van der Waals surface area (Å²) < 4.78 is 27.6. The first kappa shape index (κ1) is 15.9. The second-order valence-corrected chi connectivity index (χ2v) is 6.46. The molecule has 23 heavy (non-hydrogen) atoms. The molecule has 1 saturated heterocycles. The summed E-state index contributed by atoms with van der Waals surface area (Å²) in [6, 6.07) is 4.31. The van der Waals surface area contributed by atoms with Gasteiger partial charge in [-0.15, -0.1) is 0 Å². The van der Waals surface area contributed by atoms with Crippen molar-refractivity contribution < 1.29 is 8.78 Å². The molecule has 3 rings (SSSR count). The van der Waals surface area contributed by atoms with Gasteiger partial charge in [-0.1, -0.05) is 31.4 Å². The van der Waals surface area contributed by atoms with Crippen molar-refractivity contribution in [3.05, 3.63) is 71.5 Å². The SMILES string of the molecule is C=CC1=C(C)C2(C)CCCN2N(Cc2cccc(F)c2F)C1=C. The summed E-state index contributed by atoms with van der Waals surface area (Å²) >= 11 is 0. The highest BCUT2D eigenvalue weighted by atomic mass is 19.2. The predicted molar refractivity (Wildman–Crippen MR) is 88.3 cm³/mol. The smallest absolute Gasteiger partial charge is 0.163 e. The number of halogens is 2. The number of nitrogens with zero attached hydrogens (tertiary/aromatic N) is 2. The molecule has 0 aromatic heterocycles. The second kappa shape index (κ2) is 5.60. The molecule has 122 valence electrons. The molecule has 1 fully saturated rings. The normalized spacial score (nSPS) is 25.0. The van der Waals surface area contributed by atoms with E-state index in [1.165, 1.54) is 5.57 Å². The largest absolute Gasteiger partial charge is 0.300 e.